The maximum absolute atomic E-state index is 10.3. The lowest BCUT2D eigenvalue weighted by atomic mass is 9.97. The van der Waals surface area contributed by atoms with Gasteiger partial charge in [-0.1, -0.05) is 117 Å². The van der Waals surface area contributed by atoms with Crippen LogP contribution in [0.5, 0.6) is 0 Å². The molecule has 0 amide bonds. The van der Waals surface area contributed by atoms with E-state index >= 15 is 0 Å². The molecule has 0 bridgehead atoms. The minimum atomic E-state index is -0.200. The van der Waals surface area contributed by atoms with Gasteiger partial charge in [-0.2, -0.15) is 0 Å². The van der Waals surface area contributed by atoms with Gasteiger partial charge in [0.15, 0.2) is 0 Å². The molecule has 0 aliphatic carbocycles. The lowest BCUT2D eigenvalue weighted by Gasteiger charge is -2.14. The highest BCUT2D eigenvalue weighted by Gasteiger charge is 2.07. The molecule has 0 aromatic rings. The largest absolute Gasteiger partial charge is 0.389 e. The first-order valence-electron chi connectivity index (χ1n) is 12.1. The van der Waals surface area contributed by atoms with Crippen LogP contribution >= 0.6 is 0 Å². The van der Waals surface area contributed by atoms with Crippen molar-refractivity contribution in [3.63, 3.8) is 0 Å². The second-order valence-electron chi connectivity index (χ2n) is 8.19. The van der Waals surface area contributed by atoms with Crippen LogP contribution in [0.3, 0.4) is 0 Å². The Morgan fingerprint density at radius 3 is 1.50 bits per heavy atom. The minimum Gasteiger partial charge on any atom is -0.389 e. The number of allylic oxidation sites excluding steroid dienone is 1. The summed E-state index contributed by atoms with van der Waals surface area (Å²) < 4.78 is 0. The van der Waals surface area contributed by atoms with Crippen molar-refractivity contribution in [1.82, 2.24) is 0 Å². The molecule has 1 heteroatoms. The summed E-state index contributed by atoms with van der Waals surface area (Å²) >= 11 is 0. The molecule has 0 spiro atoms. The highest BCUT2D eigenvalue weighted by Crippen LogP contribution is 2.19. The van der Waals surface area contributed by atoms with Gasteiger partial charge >= 0.3 is 0 Å². The number of aliphatic hydroxyl groups excluding tert-OH is 1. The van der Waals surface area contributed by atoms with E-state index in [0.717, 1.165) is 12.8 Å². The second kappa shape index (κ2) is 21.0. The summed E-state index contributed by atoms with van der Waals surface area (Å²) in [7, 11) is 0. The van der Waals surface area contributed by atoms with E-state index in [9.17, 15) is 5.11 Å². The molecule has 1 nitrogen and oxygen atoms in total. The summed E-state index contributed by atoms with van der Waals surface area (Å²) in [5.41, 5.74) is 1.32. The molecule has 0 fully saturated rings. The first kappa shape index (κ1) is 25.7. The van der Waals surface area contributed by atoms with Gasteiger partial charge in [0.1, 0.15) is 0 Å². The number of rotatable bonds is 20. The number of unbranched alkanes of at least 4 members (excludes halogenated alkanes) is 15. The van der Waals surface area contributed by atoms with Gasteiger partial charge in [0.2, 0.25) is 0 Å². The van der Waals surface area contributed by atoms with Crippen molar-refractivity contribution in [3.8, 4) is 0 Å². The van der Waals surface area contributed by atoms with Crippen molar-refractivity contribution < 1.29 is 5.11 Å². The van der Waals surface area contributed by atoms with Crippen molar-refractivity contribution in [2.24, 2.45) is 0 Å². The lowest BCUT2D eigenvalue weighted by Crippen LogP contribution is -2.08. The van der Waals surface area contributed by atoms with E-state index in [0.29, 0.717) is 0 Å². The molecule has 156 valence electrons. The van der Waals surface area contributed by atoms with Crippen molar-refractivity contribution >= 4 is 0 Å². The zero-order valence-corrected chi connectivity index (χ0v) is 18.5. The smallest absolute Gasteiger partial charge is 0.0747 e. The maximum atomic E-state index is 10.3. The Bertz CT molecular complexity index is 295. The van der Waals surface area contributed by atoms with Gasteiger partial charge in [0.05, 0.1) is 6.10 Å². The molecule has 0 aromatic heterocycles. The van der Waals surface area contributed by atoms with E-state index in [4.69, 9.17) is 0 Å². The average Bonchev–Trinajstić information content (AvgIpc) is 2.66. The molecular formula is C25H50O. The Kier molecular flexibility index (Phi) is 20.8. The van der Waals surface area contributed by atoms with Crippen LogP contribution in [0.1, 0.15) is 143 Å². The SMILES string of the molecule is CCCCCCCCCC/C=C(/CCCCCCCCCC)C(O)CC. The molecule has 0 saturated heterocycles. The molecule has 0 saturated carbocycles. The number of aliphatic hydroxyl groups is 1. The summed E-state index contributed by atoms with van der Waals surface area (Å²) in [6.07, 6.45) is 27.2. The average molecular weight is 367 g/mol. The van der Waals surface area contributed by atoms with Gasteiger partial charge < -0.3 is 5.11 Å². The minimum absolute atomic E-state index is 0.200. The third-order valence-corrected chi connectivity index (χ3v) is 5.60. The number of hydrogen-bond acceptors (Lipinski definition) is 1. The van der Waals surface area contributed by atoms with Crippen LogP contribution in [0.4, 0.5) is 0 Å². The third-order valence-electron chi connectivity index (χ3n) is 5.60. The summed E-state index contributed by atoms with van der Waals surface area (Å²) in [4.78, 5) is 0. The van der Waals surface area contributed by atoms with Crippen molar-refractivity contribution in [1.29, 1.82) is 0 Å². The Hall–Kier alpha value is -0.300. The molecule has 1 unspecified atom stereocenters. The zero-order valence-electron chi connectivity index (χ0n) is 18.5. The molecule has 0 aliphatic rings. The third kappa shape index (κ3) is 17.1. The maximum Gasteiger partial charge on any atom is 0.0747 e. The molecule has 0 rings (SSSR count). The van der Waals surface area contributed by atoms with Crippen molar-refractivity contribution in [2.75, 3.05) is 0 Å². The first-order chi connectivity index (χ1) is 12.8. The first-order valence-corrected chi connectivity index (χ1v) is 12.1. The van der Waals surface area contributed by atoms with E-state index < -0.39 is 0 Å². The van der Waals surface area contributed by atoms with Crippen LogP contribution in [0.25, 0.3) is 0 Å². The van der Waals surface area contributed by atoms with Gasteiger partial charge in [-0.15, -0.1) is 0 Å². The van der Waals surface area contributed by atoms with Crippen LogP contribution < -0.4 is 0 Å². The van der Waals surface area contributed by atoms with E-state index in [1.165, 1.54) is 115 Å². The fourth-order valence-corrected chi connectivity index (χ4v) is 3.70. The van der Waals surface area contributed by atoms with Gasteiger partial charge in [-0.05, 0) is 37.7 Å². The van der Waals surface area contributed by atoms with Crippen LogP contribution in [-0.4, -0.2) is 11.2 Å². The molecule has 0 heterocycles. The zero-order chi connectivity index (χ0) is 19.3. The van der Waals surface area contributed by atoms with Gasteiger partial charge in [0, 0.05) is 0 Å². The molecule has 0 aliphatic heterocycles. The molecular weight excluding hydrogens is 316 g/mol. The van der Waals surface area contributed by atoms with Crippen LogP contribution in [-0.2, 0) is 0 Å². The molecule has 1 N–H and O–H groups in total. The van der Waals surface area contributed by atoms with Crippen LogP contribution in [0, 0.1) is 0 Å². The van der Waals surface area contributed by atoms with E-state index in [-0.39, 0.29) is 6.10 Å². The highest BCUT2D eigenvalue weighted by atomic mass is 16.3. The standard InChI is InChI=1S/C25H50O/c1-4-7-9-11-13-15-17-19-21-23-24(25(26)6-3)22-20-18-16-14-12-10-8-5-2/h23,25-26H,4-22H2,1-3H3/b24-23-. The van der Waals surface area contributed by atoms with Gasteiger partial charge in [-0.3, -0.25) is 0 Å². The Balaban J connectivity index is 3.75. The summed E-state index contributed by atoms with van der Waals surface area (Å²) in [6.45, 7) is 6.66. The van der Waals surface area contributed by atoms with E-state index in [2.05, 4.69) is 26.8 Å². The molecule has 0 aromatic carbocycles. The van der Waals surface area contributed by atoms with Crippen molar-refractivity contribution in [3.05, 3.63) is 11.6 Å². The number of hydrogen-bond donors (Lipinski definition) is 1. The lowest BCUT2D eigenvalue weighted by molar-refractivity contribution is 0.201. The molecule has 26 heavy (non-hydrogen) atoms. The Labute approximate surface area is 166 Å². The molecule has 1 atom stereocenters. The second-order valence-corrected chi connectivity index (χ2v) is 8.19. The van der Waals surface area contributed by atoms with E-state index in [1.54, 1.807) is 0 Å². The van der Waals surface area contributed by atoms with Crippen LogP contribution in [0.15, 0.2) is 11.6 Å². The highest BCUT2D eigenvalue weighted by molar-refractivity contribution is 5.07. The summed E-state index contributed by atoms with van der Waals surface area (Å²) in [6, 6.07) is 0. The predicted octanol–water partition coefficient (Wildman–Crippen LogP) is 8.75. The fraction of sp³-hybridized carbons (Fsp3) is 0.920. The Morgan fingerprint density at radius 2 is 1.04 bits per heavy atom. The molecule has 0 radical (unpaired) electrons. The normalized spacial score (nSPS) is 13.3. The van der Waals surface area contributed by atoms with Crippen molar-refractivity contribution in [2.45, 2.75) is 149 Å². The summed E-state index contributed by atoms with van der Waals surface area (Å²) in [5.74, 6) is 0. The van der Waals surface area contributed by atoms with Gasteiger partial charge in [0.25, 0.3) is 0 Å². The predicted molar refractivity (Wildman–Crippen MR) is 119 cm³/mol. The van der Waals surface area contributed by atoms with E-state index in [1.807, 2.05) is 0 Å². The quantitative estimate of drug-likeness (QED) is 0.169. The topological polar surface area (TPSA) is 20.2 Å². The monoisotopic (exact) mass is 366 g/mol. The Morgan fingerprint density at radius 1 is 0.615 bits per heavy atom. The fourth-order valence-electron chi connectivity index (χ4n) is 3.70. The van der Waals surface area contributed by atoms with Crippen LogP contribution in [0.2, 0.25) is 0 Å². The van der Waals surface area contributed by atoms with Gasteiger partial charge in [-0.25, -0.2) is 0 Å². The summed E-state index contributed by atoms with van der Waals surface area (Å²) in [5, 5.41) is 10.3.